The highest BCUT2D eigenvalue weighted by atomic mass is 35.5. The lowest BCUT2D eigenvalue weighted by atomic mass is 10.3. The zero-order valence-corrected chi connectivity index (χ0v) is 10.6. The maximum Gasteiger partial charge on any atom is 0.282 e. The van der Waals surface area contributed by atoms with Crippen LogP contribution in [0.15, 0.2) is 24.3 Å². The maximum atomic E-state index is 11.7. The van der Waals surface area contributed by atoms with E-state index in [-0.39, 0.29) is 17.7 Å². The molecule has 0 radical (unpaired) electrons. The molecule has 1 aliphatic heterocycles. The molecule has 0 unspecified atom stereocenters. The summed E-state index contributed by atoms with van der Waals surface area (Å²) >= 11 is 6.98. The highest BCUT2D eigenvalue weighted by Gasteiger charge is 2.23. The third-order valence-electron chi connectivity index (χ3n) is 2.31. The molecular weight excluding hydrogens is 260 g/mol. The first-order chi connectivity index (χ1) is 8.15. The van der Waals surface area contributed by atoms with Crippen LogP contribution < -0.4 is 5.32 Å². The molecule has 2 amide bonds. The fourth-order valence-corrected chi connectivity index (χ4v) is 2.43. The molecule has 6 heteroatoms. The average Bonchev–Trinajstić information content (AvgIpc) is 2.68. The van der Waals surface area contributed by atoms with Crippen molar-refractivity contribution in [2.75, 3.05) is 24.2 Å². The Morgan fingerprint density at radius 1 is 1.41 bits per heavy atom. The van der Waals surface area contributed by atoms with Crippen molar-refractivity contribution in [1.82, 2.24) is 4.90 Å². The molecule has 1 fully saturated rings. The Morgan fingerprint density at radius 3 is 2.71 bits per heavy atom. The van der Waals surface area contributed by atoms with E-state index in [4.69, 9.17) is 11.6 Å². The number of hydrogen-bond acceptors (Lipinski definition) is 3. The van der Waals surface area contributed by atoms with Gasteiger partial charge < -0.3 is 10.2 Å². The number of rotatable bonds is 3. The van der Waals surface area contributed by atoms with E-state index in [0.717, 1.165) is 5.75 Å². The van der Waals surface area contributed by atoms with Crippen LogP contribution in [-0.4, -0.2) is 34.9 Å². The number of carbonyl (C=O) groups excluding carboxylic acids is 2. The zero-order chi connectivity index (χ0) is 12.3. The third-order valence-corrected chi connectivity index (χ3v) is 3.45. The van der Waals surface area contributed by atoms with Crippen LogP contribution >= 0.6 is 23.4 Å². The topological polar surface area (TPSA) is 49.4 Å². The quantitative estimate of drug-likeness (QED) is 0.918. The van der Waals surface area contributed by atoms with E-state index in [1.807, 2.05) is 0 Å². The van der Waals surface area contributed by atoms with Crippen LogP contribution in [0.3, 0.4) is 0 Å². The molecule has 1 N–H and O–H groups in total. The molecule has 0 aromatic heterocycles. The minimum absolute atomic E-state index is 0.0312. The van der Waals surface area contributed by atoms with Crippen molar-refractivity contribution in [2.24, 2.45) is 0 Å². The number of hydrogen-bond donors (Lipinski definition) is 1. The smallest absolute Gasteiger partial charge is 0.282 e. The molecule has 2 rings (SSSR count). The van der Waals surface area contributed by atoms with Crippen molar-refractivity contribution < 1.29 is 9.59 Å². The summed E-state index contributed by atoms with van der Waals surface area (Å²) in [6.07, 6.45) is 0. The second-order valence-corrected chi connectivity index (χ2v) is 5.07. The van der Waals surface area contributed by atoms with Crippen LogP contribution in [0.4, 0.5) is 10.5 Å². The van der Waals surface area contributed by atoms with E-state index in [9.17, 15) is 9.59 Å². The summed E-state index contributed by atoms with van der Waals surface area (Å²) in [5.41, 5.74) is 0.679. The monoisotopic (exact) mass is 270 g/mol. The molecule has 1 heterocycles. The van der Waals surface area contributed by atoms with Gasteiger partial charge in [-0.15, -0.1) is 0 Å². The van der Waals surface area contributed by atoms with Gasteiger partial charge in [0, 0.05) is 23.0 Å². The second-order valence-electron chi connectivity index (χ2n) is 3.59. The largest absolute Gasteiger partial charge is 0.325 e. The number of nitrogens with zero attached hydrogens (tertiary/aromatic N) is 1. The van der Waals surface area contributed by atoms with Crippen molar-refractivity contribution in [1.29, 1.82) is 0 Å². The lowest BCUT2D eigenvalue weighted by molar-refractivity contribution is -0.116. The summed E-state index contributed by atoms with van der Waals surface area (Å²) < 4.78 is 0. The molecule has 90 valence electrons. The molecule has 0 bridgehead atoms. The second kappa shape index (κ2) is 5.42. The number of carbonyl (C=O) groups is 2. The Kier molecular flexibility index (Phi) is 3.91. The van der Waals surface area contributed by atoms with Gasteiger partial charge in [0.25, 0.3) is 5.24 Å². The summed E-state index contributed by atoms with van der Waals surface area (Å²) in [6, 6.07) is 6.85. The molecule has 1 saturated heterocycles. The minimum Gasteiger partial charge on any atom is -0.325 e. The number of halogens is 1. The van der Waals surface area contributed by atoms with Gasteiger partial charge in [-0.05, 0) is 24.3 Å². The Morgan fingerprint density at radius 2 is 2.12 bits per heavy atom. The predicted molar refractivity (Wildman–Crippen MR) is 69.5 cm³/mol. The van der Waals surface area contributed by atoms with E-state index < -0.39 is 0 Å². The van der Waals surface area contributed by atoms with Gasteiger partial charge in [-0.25, -0.2) is 0 Å². The molecule has 0 saturated carbocycles. The Labute approximate surface area is 108 Å². The molecular formula is C11H11ClN2O2S. The Hall–Kier alpha value is -1.20. The van der Waals surface area contributed by atoms with Gasteiger partial charge >= 0.3 is 0 Å². The van der Waals surface area contributed by atoms with Crippen LogP contribution in [0.2, 0.25) is 5.02 Å². The first-order valence-electron chi connectivity index (χ1n) is 5.12. The van der Waals surface area contributed by atoms with Crippen LogP contribution in [-0.2, 0) is 4.79 Å². The van der Waals surface area contributed by atoms with Crippen molar-refractivity contribution in [3.05, 3.63) is 29.3 Å². The third kappa shape index (κ3) is 3.38. The number of anilines is 1. The van der Waals surface area contributed by atoms with Gasteiger partial charge in [0.05, 0.1) is 0 Å². The van der Waals surface area contributed by atoms with Crippen LogP contribution in [0, 0.1) is 0 Å². The van der Waals surface area contributed by atoms with E-state index in [1.165, 1.54) is 16.7 Å². The summed E-state index contributed by atoms with van der Waals surface area (Å²) in [5, 5.41) is 3.30. The number of benzene rings is 1. The molecule has 0 spiro atoms. The van der Waals surface area contributed by atoms with Gasteiger partial charge in [-0.1, -0.05) is 23.4 Å². The lowest BCUT2D eigenvalue weighted by Crippen LogP contribution is -2.33. The average molecular weight is 271 g/mol. The fraction of sp³-hybridized carbons (Fsp3) is 0.273. The first-order valence-corrected chi connectivity index (χ1v) is 6.48. The van der Waals surface area contributed by atoms with Crippen molar-refractivity contribution >= 4 is 40.2 Å². The zero-order valence-electron chi connectivity index (χ0n) is 8.98. The van der Waals surface area contributed by atoms with Crippen molar-refractivity contribution in [2.45, 2.75) is 0 Å². The van der Waals surface area contributed by atoms with Gasteiger partial charge in [0.1, 0.15) is 6.54 Å². The maximum absolute atomic E-state index is 11.7. The first kappa shape index (κ1) is 12.3. The molecule has 0 aliphatic carbocycles. The van der Waals surface area contributed by atoms with Crippen LogP contribution in [0.5, 0.6) is 0 Å². The Bertz CT molecular complexity index is 436. The molecule has 17 heavy (non-hydrogen) atoms. The summed E-state index contributed by atoms with van der Waals surface area (Å²) in [6.45, 7) is 0.742. The van der Waals surface area contributed by atoms with E-state index in [2.05, 4.69) is 5.32 Å². The van der Waals surface area contributed by atoms with Crippen molar-refractivity contribution in [3.8, 4) is 0 Å². The highest BCUT2D eigenvalue weighted by Crippen LogP contribution is 2.17. The number of thioether (sulfide) groups is 1. The predicted octanol–water partition coefficient (Wildman–Crippen LogP) is 2.45. The summed E-state index contributed by atoms with van der Waals surface area (Å²) in [5.74, 6) is 0.565. The molecule has 0 atom stereocenters. The molecule has 1 aromatic rings. The van der Waals surface area contributed by atoms with Gasteiger partial charge in [0.15, 0.2) is 0 Å². The van der Waals surface area contributed by atoms with Gasteiger partial charge in [-0.2, -0.15) is 0 Å². The van der Waals surface area contributed by atoms with E-state index in [0.29, 0.717) is 17.3 Å². The minimum atomic E-state index is -0.192. The lowest BCUT2D eigenvalue weighted by Gasteiger charge is -2.13. The normalized spacial score (nSPS) is 15.1. The standard InChI is InChI=1S/C11H11ClN2O2S/c12-8-1-3-9(4-2-8)13-10(15)7-14-5-6-17-11(14)16/h1-4H,5-7H2,(H,13,15). The van der Waals surface area contributed by atoms with Gasteiger partial charge in [0.2, 0.25) is 5.91 Å². The Balaban J connectivity index is 1.88. The SMILES string of the molecule is O=C(CN1CCSC1=O)Nc1ccc(Cl)cc1. The summed E-state index contributed by atoms with van der Waals surface area (Å²) in [4.78, 5) is 24.5. The number of nitrogens with one attached hydrogen (secondary N) is 1. The molecule has 4 nitrogen and oxygen atoms in total. The van der Waals surface area contributed by atoms with Crippen LogP contribution in [0.1, 0.15) is 0 Å². The number of amides is 2. The van der Waals surface area contributed by atoms with Crippen molar-refractivity contribution in [3.63, 3.8) is 0 Å². The van der Waals surface area contributed by atoms with Crippen LogP contribution in [0.25, 0.3) is 0 Å². The van der Waals surface area contributed by atoms with Gasteiger partial charge in [-0.3, -0.25) is 9.59 Å². The summed E-state index contributed by atoms with van der Waals surface area (Å²) in [7, 11) is 0. The van der Waals surface area contributed by atoms with E-state index in [1.54, 1.807) is 24.3 Å². The fourth-order valence-electron chi connectivity index (χ4n) is 1.48. The van der Waals surface area contributed by atoms with E-state index >= 15 is 0 Å². The highest BCUT2D eigenvalue weighted by molar-refractivity contribution is 8.13. The molecule has 1 aromatic carbocycles. The molecule has 1 aliphatic rings.